The third-order valence-electron chi connectivity index (χ3n) is 4.86. The van der Waals surface area contributed by atoms with Gasteiger partial charge in [0.25, 0.3) is 5.91 Å². The lowest BCUT2D eigenvalue weighted by Crippen LogP contribution is -2.59. The van der Waals surface area contributed by atoms with Gasteiger partial charge in [0.05, 0.1) is 12.1 Å². The Morgan fingerprint density at radius 1 is 0.923 bits per heavy atom. The van der Waals surface area contributed by atoms with Crippen LogP contribution >= 0.6 is 0 Å². The second-order valence-corrected chi connectivity index (χ2v) is 6.50. The van der Waals surface area contributed by atoms with Gasteiger partial charge in [-0.1, -0.05) is 6.07 Å². The zero-order valence-electron chi connectivity index (χ0n) is 14.4. The highest BCUT2D eigenvalue weighted by Gasteiger charge is 2.39. The molecule has 2 amide bonds. The molecule has 0 aromatic carbocycles. The first-order valence-electron chi connectivity index (χ1n) is 8.72. The Bertz CT molecular complexity index is 771. The van der Waals surface area contributed by atoms with Crippen LogP contribution in [0.2, 0.25) is 0 Å². The van der Waals surface area contributed by atoms with Crippen molar-refractivity contribution >= 4 is 17.6 Å². The molecular formula is C18H20N6O2. The van der Waals surface area contributed by atoms with E-state index in [-0.39, 0.29) is 17.7 Å². The largest absolute Gasteiger partial charge is 0.353 e. The van der Waals surface area contributed by atoms with Crippen LogP contribution < -0.4 is 4.90 Å². The molecule has 0 saturated carbocycles. The van der Waals surface area contributed by atoms with Crippen molar-refractivity contribution in [2.24, 2.45) is 5.92 Å². The highest BCUT2D eigenvalue weighted by atomic mass is 16.2. The van der Waals surface area contributed by atoms with Gasteiger partial charge in [-0.2, -0.15) is 0 Å². The lowest BCUT2D eigenvalue weighted by molar-refractivity contribution is -0.140. The van der Waals surface area contributed by atoms with Crippen LogP contribution in [0.5, 0.6) is 0 Å². The summed E-state index contributed by atoms with van der Waals surface area (Å²) < 4.78 is 0. The van der Waals surface area contributed by atoms with E-state index < -0.39 is 0 Å². The summed E-state index contributed by atoms with van der Waals surface area (Å²) in [6.45, 7) is 3.83. The molecule has 0 radical (unpaired) electrons. The SMILES string of the molecule is O=C(c1cnccn1)N1CC(C(=O)N2CCN(c3ccccn3)CC2)C1. The zero-order valence-corrected chi connectivity index (χ0v) is 14.4. The standard InChI is InChI=1S/C18H20N6O2/c25-17(14-12-24(13-14)18(26)15-11-19-5-6-20-15)23-9-7-22(8-10-23)16-3-1-2-4-21-16/h1-6,11,14H,7-10,12-13H2. The molecule has 4 rings (SSSR count). The number of likely N-dealkylation sites (tertiary alicyclic amines) is 1. The molecule has 2 aromatic heterocycles. The summed E-state index contributed by atoms with van der Waals surface area (Å²) in [5.74, 6) is 0.803. The average molecular weight is 352 g/mol. The van der Waals surface area contributed by atoms with E-state index in [9.17, 15) is 9.59 Å². The maximum Gasteiger partial charge on any atom is 0.274 e. The van der Waals surface area contributed by atoms with Crippen molar-refractivity contribution in [1.29, 1.82) is 0 Å². The molecule has 2 aromatic rings. The van der Waals surface area contributed by atoms with Crippen LogP contribution in [-0.2, 0) is 4.79 Å². The van der Waals surface area contributed by atoms with E-state index in [1.54, 1.807) is 11.1 Å². The fourth-order valence-electron chi connectivity index (χ4n) is 3.33. The van der Waals surface area contributed by atoms with Gasteiger partial charge in [0.1, 0.15) is 11.5 Å². The second-order valence-electron chi connectivity index (χ2n) is 6.50. The number of piperazine rings is 1. The summed E-state index contributed by atoms with van der Waals surface area (Å²) in [7, 11) is 0. The summed E-state index contributed by atoms with van der Waals surface area (Å²) >= 11 is 0. The van der Waals surface area contributed by atoms with Crippen LogP contribution in [0.15, 0.2) is 43.0 Å². The molecule has 0 spiro atoms. The lowest BCUT2D eigenvalue weighted by atomic mass is 9.97. The smallest absolute Gasteiger partial charge is 0.274 e. The summed E-state index contributed by atoms with van der Waals surface area (Å²) in [4.78, 5) is 42.9. The minimum Gasteiger partial charge on any atom is -0.353 e. The van der Waals surface area contributed by atoms with Gasteiger partial charge < -0.3 is 14.7 Å². The normalized spacial score (nSPS) is 17.8. The Balaban J connectivity index is 1.27. The fourth-order valence-corrected chi connectivity index (χ4v) is 3.33. The first kappa shape index (κ1) is 16.4. The maximum absolute atomic E-state index is 12.7. The number of aromatic nitrogens is 3. The van der Waals surface area contributed by atoms with E-state index in [2.05, 4.69) is 19.9 Å². The second kappa shape index (κ2) is 7.07. The molecule has 2 aliphatic heterocycles. The van der Waals surface area contributed by atoms with Gasteiger partial charge in [-0.15, -0.1) is 0 Å². The summed E-state index contributed by atoms with van der Waals surface area (Å²) in [6, 6.07) is 5.85. The first-order chi connectivity index (χ1) is 12.7. The molecule has 8 nitrogen and oxygen atoms in total. The van der Waals surface area contributed by atoms with Crippen LogP contribution in [0, 0.1) is 5.92 Å². The van der Waals surface area contributed by atoms with Crippen molar-refractivity contribution in [1.82, 2.24) is 24.8 Å². The number of nitrogens with zero attached hydrogens (tertiary/aromatic N) is 6. The number of rotatable bonds is 3. The van der Waals surface area contributed by atoms with Crippen molar-refractivity contribution < 1.29 is 9.59 Å². The van der Waals surface area contributed by atoms with Gasteiger partial charge >= 0.3 is 0 Å². The molecule has 2 saturated heterocycles. The molecule has 134 valence electrons. The Kier molecular flexibility index (Phi) is 4.47. The molecule has 2 aliphatic rings. The van der Waals surface area contributed by atoms with Crippen LogP contribution in [0.25, 0.3) is 0 Å². The van der Waals surface area contributed by atoms with Crippen molar-refractivity contribution in [2.75, 3.05) is 44.2 Å². The van der Waals surface area contributed by atoms with Gasteiger partial charge in [0.2, 0.25) is 5.91 Å². The zero-order chi connectivity index (χ0) is 17.9. The predicted octanol–water partition coefficient (Wildman–Crippen LogP) is 0.292. The molecule has 0 bridgehead atoms. The van der Waals surface area contributed by atoms with E-state index in [0.717, 1.165) is 18.9 Å². The molecule has 0 N–H and O–H groups in total. The molecule has 4 heterocycles. The third-order valence-corrected chi connectivity index (χ3v) is 4.86. The van der Waals surface area contributed by atoms with E-state index in [0.29, 0.717) is 31.9 Å². The highest BCUT2D eigenvalue weighted by Crippen LogP contribution is 2.21. The molecule has 0 unspecified atom stereocenters. The Morgan fingerprint density at radius 2 is 1.73 bits per heavy atom. The molecule has 2 fully saturated rings. The maximum atomic E-state index is 12.7. The van der Waals surface area contributed by atoms with Crippen molar-refractivity contribution in [3.8, 4) is 0 Å². The van der Waals surface area contributed by atoms with Gasteiger partial charge in [0, 0.05) is 57.9 Å². The Morgan fingerprint density at radius 3 is 2.38 bits per heavy atom. The van der Waals surface area contributed by atoms with Crippen molar-refractivity contribution in [3.63, 3.8) is 0 Å². The van der Waals surface area contributed by atoms with Crippen LogP contribution in [-0.4, -0.2) is 75.8 Å². The molecule has 0 aliphatic carbocycles. The minimum atomic E-state index is -0.165. The summed E-state index contributed by atoms with van der Waals surface area (Å²) in [6.07, 6.45) is 6.26. The van der Waals surface area contributed by atoms with E-state index in [1.165, 1.54) is 18.6 Å². The number of carbonyl (C=O) groups excluding carboxylic acids is 2. The third kappa shape index (κ3) is 3.22. The fraction of sp³-hybridized carbons (Fsp3) is 0.389. The quantitative estimate of drug-likeness (QED) is 0.790. The number of amides is 2. The van der Waals surface area contributed by atoms with Gasteiger partial charge in [-0.3, -0.25) is 14.6 Å². The van der Waals surface area contributed by atoms with Gasteiger partial charge in [-0.25, -0.2) is 9.97 Å². The monoisotopic (exact) mass is 352 g/mol. The van der Waals surface area contributed by atoms with Crippen molar-refractivity contribution in [3.05, 3.63) is 48.7 Å². The van der Waals surface area contributed by atoms with Crippen LogP contribution in [0.4, 0.5) is 5.82 Å². The van der Waals surface area contributed by atoms with E-state index in [1.807, 2.05) is 23.1 Å². The van der Waals surface area contributed by atoms with Crippen molar-refractivity contribution in [2.45, 2.75) is 0 Å². The molecule has 26 heavy (non-hydrogen) atoms. The lowest BCUT2D eigenvalue weighted by Gasteiger charge is -2.42. The topological polar surface area (TPSA) is 82.5 Å². The number of pyridine rings is 1. The number of carbonyl (C=O) groups is 2. The average Bonchev–Trinajstić information content (AvgIpc) is 2.68. The minimum absolute atomic E-state index is 0.114. The predicted molar refractivity (Wildman–Crippen MR) is 94.5 cm³/mol. The highest BCUT2D eigenvalue weighted by molar-refractivity contribution is 5.94. The molecule has 8 heteroatoms. The number of hydrogen-bond acceptors (Lipinski definition) is 6. The Labute approximate surface area is 151 Å². The van der Waals surface area contributed by atoms with E-state index >= 15 is 0 Å². The molecular weight excluding hydrogens is 332 g/mol. The van der Waals surface area contributed by atoms with Crippen LogP contribution in [0.1, 0.15) is 10.5 Å². The summed E-state index contributed by atoms with van der Waals surface area (Å²) in [5.41, 5.74) is 0.322. The summed E-state index contributed by atoms with van der Waals surface area (Å²) in [5, 5.41) is 0. The van der Waals surface area contributed by atoms with Gasteiger partial charge in [0.15, 0.2) is 0 Å². The Hall–Kier alpha value is -3.03. The van der Waals surface area contributed by atoms with Crippen LogP contribution in [0.3, 0.4) is 0 Å². The molecule has 0 atom stereocenters. The number of anilines is 1. The number of hydrogen-bond donors (Lipinski definition) is 0. The van der Waals surface area contributed by atoms with E-state index in [4.69, 9.17) is 0 Å². The van der Waals surface area contributed by atoms with Gasteiger partial charge in [-0.05, 0) is 12.1 Å². The first-order valence-corrected chi connectivity index (χ1v) is 8.72.